The van der Waals surface area contributed by atoms with E-state index in [1.807, 2.05) is 6.07 Å². The molecule has 118 valence electrons. The first-order valence-electron chi connectivity index (χ1n) is 8.08. The third-order valence-corrected chi connectivity index (χ3v) is 4.88. The second kappa shape index (κ2) is 8.76. The summed E-state index contributed by atoms with van der Waals surface area (Å²) in [6.07, 6.45) is 5.69. The van der Waals surface area contributed by atoms with E-state index in [0.717, 1.165) is 42.6 Å². The van der Waals surface area contributed by atoms with E-state index in [1.165, 1.54) is 31.5 Å². The van der Waals surface area contributed by atoms with Crippen molar-refractivity contribution in [1.82, 2.24) is 4.90 Å². The molecular formula is C17H27BrN2O. The zero-order valence-electron chi connectivity index (χ0n) is 13.0. The Balaban J connectivity index is 1.78. The summed E-state index contributed by atoms with van der Waals surface area (Å²) in [5, 5.41) is 0. The molecule has 2 N–H and O–H groups in total. The molecule has 1 heterocycles. The van der Waals surface area contributed by atoms with Crippen molar-refractivity contribution in [2.75, 3.05) is 26.2 Å². The predicted molar refractivity (Wildman–Crippen MR) is 91.9 cm³/mol. The monoisotopic (exact) mass is 354 g/mol. The molecule has 0 radical (unpaired) electrons. The summed E-state index contributed by atoms with van der Waals surface area (Å²) in [4.78, 5) is 2.52. The van der Waals surface area contributed by atoms with Gasteiger partial charge in [-0.1, -0.05) is 22.9 Å². The molecule has 0 bridgehead atoms. The number of ether oxygens (including phenoxy) is 1. The predicted octanol–water partition coefficient (Wildman–Crippen LogP) is 3.59. The van der Waals surface area contributed by atoms with Gasteiger partial charge in [-0.3, -0.25) is 0 Å². The first kappa shape index (κ1) is 16.8. The van der Waals surface area contributed by atoms with Crippen LogP contribution in [0.3, 0.4) is 0 Å². The molecule has 3 nitrogen and oxygen atoms in total. The number of hydrogen-bond donors (Lipinski definition) is 1. The fourth-order valence-corrected chi connectivity index (χ4v) is 3.12. The van der Waals surface area contributed by atoms with Gasteiger partial charge in [0, 0.05) is 17.1 Å². The number of nitrogens with zero attached hydrogens (tertiary/aromatic N) is 1. The molecule has 1 aromatic carbocycles. The van der Waals surface area contributed by atoms with Crippen molar-refractivity contribution < 1.29 is 4.74 Å². The van der Waals surface area contributed by atoms with E-state index in [0.29, 0.717) is 0 Å². The van der Waals surface area contributed by atoms with Crippen LogP contribution in [0.25, 0.3) is 0 Å². The van der Waals surface area contributed by atoms with Crippen LogP contribution in [-0.4, -0.2) is 37.2 Å². The highest BCUT2D eigenvalue weighted by Gasteiger charge is 2.11. The number of likely N-dealkylation sites (tertiary alicyclic amines) is 1. The lowest BCUT2D eigenvalue weighted by Gasteiger charge is -2.15. The van der Waals surface area contributed by atoms with E-state index >= 15 is 0 Å². The van der Waals surface area contributed by atoms with Crippen molar-refractivity contribution in [2.24, 2.45) is 5.73 Å². The van der Waals surface area contributed by atoms with Gasteiger partial charge in [-0.05, 0) is 69.0 Å². The maximum atomic E-state index is 6.05. The van der Waals surface area contributed by atoms with Gasteiger partial charge in [0.15, 0.2) is 0 Å². The number of nitrogens with two attached hydrogens (primary N) is 1. The van der Waals surface area contributed by atoms with E-state index in [1.54, 1.807) is 0 Å². The Labute approximate surface area is 137 Å². The SMILES string of the molecule is CCC(N)Cc1cc(OCCCN2CCCC2)ccc1Br. The van der Waals surface area contributed by atoms with Crippen molar-refractivity contribution in [2.45, 2.75) is 45.1 Å². The molecule has 0 aliphatic carbocycles. The highest BCUT2D eigenvalue weighted by molar-refractivity contribution is 9.10. The molecule has 1 aliphatic rings. The fourth-order valence-electron chi connectivity index (χ4n) is 2.71. The molecule has 1 saturated heterocycles. The van der Waals surface area contributed by atoms with Crippen LogP contribution >= 0.6 is 15.9 Å². The molecule has 0 aromatic heterocycles. The van der Waals surface area contributed by atoms with E-state index in [-0.39, 0.29) is 6.04 Å². The lowest BCUT2D eigenvalue weighted by molar-refractivity contribution is 0.263. The van der Waals surface area contributed by atoms with Crippen molar-refractivity contribution in [3.63, 3.8) is 0 Å². The minimum absolute atomic E-state index is 0.215. The Kier molecular flexibility index (Phi) is 7.00. The average Bonchev–Trinajstić information content (AvgIpc) is 3.00. The van der Waals surface area contributed by atoms with E-state index in [2.05, 4.69) is 39.9 Å². The van der Waals surface area contributed by atoms with E-state index in [4.69, 9.17) is 10.5 Å². The summed E-state index contributed by atoms with van der Waals surface area (Å²) < 4.78 is 7.01. The second-order valence-electron chi connectivity index (χ2n) is 5.88. The van der Waals surface area contributed by atoms with Crippen molar-refractivity contribution >= 4 is 15.9 Å². The molecule has 21 heavy (non-hydrogen) atoms. The summed E-state index contributed by atoms with van der Waals surface area (Å²) in [5.41, 5.74) is 7.29. The third-order valence-electron chi connectivity index (χ3n) is 4.11. The molecule has 4 heteroatoms. The molecular weight excluding hydrogens is 328 g/mol. The van der Waals surface area contributed by atoms with Crippen molar-refractivity contribution in [3.8, 4) is 5.75 Å². The Bertz CT molecular complexity index is 433. The number of rotatable bonds is 8. The zero-order valence-corrected chi connectivity index (χ0v) is 14.6. The quantitative estimate of drug-likeness (QED) is 0.725. The highest BCUT2D eigenvalue weighted by atomic mass is 79.9. The Morgan fingerprint density at radius 3 is 2.81 bits per heavy atom. The molecule has 0 saturated carbocycles. The molecule has 1 aliphatic heterocycles. The standard InChI is InChI=1S/C17H27BrN2O/c1-2-15(19)12-14-13-16(6-7-17(14)18)21-11-5-10-20-8-3-4-9-20/h6-7,13,15H,2-5,8-12,19H2,1H3. The minimum Gasteiger partial charge on any atom is -0.494 e. The van der Waals surface area contributed by atoms with Crippen LogP contribution in [0.15, 0.2) is 22.7 Å². The van der Waals surface area contributed by atoms with Gasteiger partial charge >= 0.3 is 0 Å². The lowest BCUT2D eigenvalue weighted by atomic mass is 10.0. The molecule has 1 unspecified atom stereocenters. The average molecular weight is 355 g/mol. The van der Waals surface area contributed by atoms with Gasteiger partial charge in [0.1, 0.15) is 5.75 Å². The second-order valence-corrected chi connectivity index (χ2v) is 6.73. The first-order valence-corrected chi connectivity index (χ1v) is 8.87. The van der Waals surface area contributed by atoms with Crippen LogP contribution < -0.4 is 10.5 Å². The van der Waals surface area contributed by atoms with Crippen LogP contribution in [0.5, 0.6) is 5.75 Å². The maximum Gasteiger partial charge on any atom is 0.119 e. The number of halogens is 1. The van der Waals surface area contributed by atoms with Crippen molar-refractivity contribution in [3.05, 3.63) is 28.2 Å². The first-order chi connectivity index (χ1) is 10.2. The Hall–Kier alpha value is -0.580. The maximum absolute atomic E-state index is 6.05. The number of benzene rings is 1. The summed E-state index contributed by atoms with van der Waals surface area (Å²) in [6, 6.07) is 6.43. The van der Waals surface area contributed by atoms with Crippen LogP contribution in [0.1, 0.15) is 38.2 Å². The van der Waals surface area contributed by atoms with Gasteiger partial charge in [-0.25, -0.2) is 0 Å². The summed E-state index contributed by atoms with van der Waals surface area (Å²) >= 11 is 3.60. The summed E-state index contributed by atoms with van der Waals surface area (Å²) in [5.74, 6) is 0.956. The van der Waals surface area contributed by atoms with Crippen LogP contribution in [0.4, 0.5) is 0 Å². The summed E-state index contributed by atoms with van der Waals surface area (Å²) in [7, 11) is 0. The van der Waals surface area contributed by atoms with Gasteiger partial charge in [-0.2, -0.15) is 0 Å². The molecule has 0 spiro atoms. The van der Waals surface area contributed by atoms with Gasteiger partial charge in [0.2, 0.25) is 0 Å². The van der Waals surface area contributed by atoms with Gasteiger partial charge < -0.3 is 15.4 Å². The van der Waals surface area contributed by atoms with Gasteiger partial charge in [0.05, 0.1) is 6.61 Å². The molecule has 1 aromatic rings. The smallest absolute Gasteiger partial charge is 0.119 e. The lowest BCUT2D eigenvalue weighted by Crippen LogP contribution is -2.22. The highest BCUT2D eigenvalue weighted by Crippen LogP contribution is 2.24. The molecule has 1 fully saturated rings. The van der Waals surface area contributed by atoms with E-state index in [9.17, 15) is 0 Å². The summed E-state index contributed by atoms with van der Waals surface area (Å²) in [6.45, 7) is 6.59. The van der Waals surface area contributed by atoms with Gasteiger partial charge in [0.25, 0.3) is 0 Å². The molecule has 2 rings (SSSR count). The van der Waals surface area contributed by atoms with Crippen LogP contribution in [0, 0.1) is 0 Å². The topological polar surface area (TPSA) is 38.5 Å². The minimum atomic E-state index is 0.215. The normalized spacial score (nSPS) is 17.1. The van der Waals surface area contributed by atoms with Crippen LogP contribution in [0.2, 0.25) is 0 Å². The largest absolute Gasteiger partial charge is 0.494 e. The number of hydrogen-bond acceptors (Lipinski definition) is 3. The Morgan fingerprint density at radius 2 is 2.10 bits per heavy atom. The van der Waals surface area contributed by atoms with Crippen LogP contribution in [-0.2, 0) is 6.42 Å². The van der Waals surface area contributed by atoms with Crippen molar-refractivity contribution in [1.29, 1.82) is 0 Å². The van der Waals surface area contributed by atoms with Gasteiger partial charge in [-0.15, -0.1) is 0 Å². The Morgan fingerprint density at radius 1 is 1.33 bits per heavy atom. The molecule has 0 amide bonds. The molecule has 1 atom stereocenters. The fraction of sp³-hybridized carbons (Fsp3) is 0.647. The third kappa shape index (κ3) is 5.61. The zero-order chi connectivity index (χ0) is 15.1. The van der Waals surface area contributed by atoms with E-state index < -0.39 is 0 Å².